The predicted molar refractivity (Wildman–Crippen MR) is 138 cm³/mol. The van der Waals surface area contributed by atoms with Crippen LogP contribution < -0.4 is 10.1 Å². The first-order valence-corrected chi connectivity index (χ1v) is 11.4. The number of carbonyl (C=O) groups excluding carboxylic acids is 1. The molecule has 0 aromatic heterocycles. The second kappa shape index (κ2) is 10.6. The number of ether oxygens (including phenoxy) is 1. The average Bonchev–Trinajstić information content (AvgIpc) is 2.84. The molecule has 0 fully saturated rings. The summed E-state index contributed by atoms with van der Waals surface area (Å²) in [5, 5.41) is 15.3. The van der Waals surface area contributed by atoms with E-state index in [0.29, 0.717) is 16.3 Å². The Kier molecular flexibility index (Phi) is 7.40. The molecule has 0 bridgehead atoms. The van der Waals surface area contributed by atoms with E-state index < -0.39 is 5.91 Å². The second-order valence-electron chi connectivity index (χ2n) is 7.30. The summed E-state index contributed by atoms with van der Waals surface area (Å²) in [6.45, 7) is 0.224. The van der Waals surface area contributed by atoms with Crippen molar-refractivity contribution in [3.05, 3.63) is 111 Å². The predicted octanol–water partition coefficient (Wildman–Crippen LogP) is 7.92. The standard InChI is InChI=1S/C27H17Cl3N2O2/c28-22-9-4-2-7-18(22)16-34-25-13-12-17-6-1-3-8-20(17)21(25)14-19(15-31)27(33)32-26-23(29)10-5-11-24(26)30/h1-14H,16H2,(H,32,33)/b19-14+. The zero-order valence-corrected chi connectivity index (χ0v) is 20.0. The van der Waals surface area contributed by atoms with Gasteiger partial charge in [0.25, 0.3) is 5.91 Å². The Morgan fingerprint density at radius 2 is 1.56 bits per heavy atom. The minimum Gasteiger partial charge on any atom is -0.488 e. The van der Waals surface area contributed by atoms with E-state index in [-0.39, 0.29) is 27.9 Å². The maximum Gasteiger partial charge on any atom is 0.266 e. The van der Waals surface area contributed by atoms with Gasteiger partial charge in [0.1, 0.15) is 24.0 Å². The van der Waals surface area contributed by atoms with Crippen molar-refractivity contribution in [2.45, 2.75) is 6.61 Å². The van der Waals surface area contributed by atoms with Crippen LogP contribution in [-0.2, 0) is 11.4 Å². The van der Waals surface area contributed by atoms with E-state index in [0.717, 1.165) is 16.3 Å². The number of anilines is 1. The summed E-state index contributed by atoms with van der Waals surface area (Å²) >= 11 is 18.6. The quantitative estimate of drug-likeness (QED) is 0.213. The summed E-state index contributed by atoms with van der Waals surface area (Å²) in [7, 11) is 0. The van der Waals surface area contributed by atoms with E-state index in [1.807, 2.05) is 60.7 Å². The van der Waals surface area contributed by atoms with Crippen molar-refractivity contribution in [3.8, 4) is 11.8 Å². The summed E-state index contributed by atoms with van der Waals surface area (Å²) in [6.07, 6.45) is 1.50. The first-order valence-electron chi connectivity index (χ1n) is 10.2. The Balaban J connectivity index is 1.73. The summed E-state index contributed by atoms with van der Waals surface area (Å²) in [4.78, 5) is 12.9. The van der Waals surface area contributed by atoms with Crippen molar-refractivity contribution in [2.24, 2.45) is 0 Å². The highest BCUT2D eigenvalue weighted by Gasteiger charge is 2.16. The van der Waals surface area contributed by atoms with Crippen molar-refractivity contribution in [1.29, 1.82) is 5.26 Å². The van der Waals surface area contributed by atoms with Crippen molar-refractivity contribution in [1.82, 2.24) is 0 Å². The molecule has 4 nitrogen and oxygen atoms in total. The zero-order chi connectivity index (χ0) is 24.1. The van der Waals surface area contributed by atoms with Gasteiger partial charge in [0.15, 0.2) is 0 Å². The summed E-state index contributed by atoms with van der Waals surface area (Å²) in [6, 6.07) is 25.6. The molecule has 4 rings (SSSR count). The molecule has 34 heavy (non-hydrogen) atoms. The lowest BCUT2D eigenvalue weighted by molar-refractivity contribution is -0.112. The van der Waals surface area contributed by atoms with Crippen LogP contribution in [0.25, 0.3) is 16.8 Å². The lowest BCUT2D eigenvalue weighted by Gasteiger charge is -2.14. The minimum atomic E-state index is -0.637. The van der Waals surface area contributed by atoms with Gasteiger partial charge in [-0.05, 0) is 41.1 Å². The van der Waals surface area contributed by atoms with Gasteiger partial charge in [-0.3, -0.25) is 4.79 Å². The molecular formula is C27H17Cl3N2O2. The summed E-state index contributed by atoms with van der Waals surface area (Å²) in [5.74, 6) is -0.127. The maximum absolute atomic E-state index is 12.9. The van der Waals surface area contributed by atoms with Gasteiger partial charge in [0.2, 0.25) is 0 Å². The number of nitriles is 1. The highest BCUT2D eigenvalue weighted by atomic mass is 35.5. The van der Waals surface area contributed by atoms with Crippen LogP contribution in [0.3, 0.4) is 0 Å². The molecule has 0 saturated carbocycles. The number of halogens is 3. The molecule has 7 heteroatoms. The average molecular weight is 508 g/mol. The number of carbonyl (C=O) groups is 1. The monoisotopic (exact) mass is 506 g/mol. The first kappa shape index (κ1) is 23.7. The van der Waals surface area contributed by atoms with Gasteiger partial charge in [-0.1, -0.05) is 89.4 Å². The normalized spacial score (nSPS) is 11.2. The van der Waals surface area contributed by atoms with E-state index in [2.05, 4.69) is 5.32 Å². The zero-order valence-electron chi connectivity index (χ0n) is 17.7. The third kappa shape index (κ3) is 5.18. The summed E-state index contributed by atoms with van der Waals surface area (Å²) in [5.41, 5.74) is 1.53. The molecule has 4 aromatic carbocycles. The molecule has 0 radical (unpaired) electrons. The van der Waals surface area contributed by atoms with Crippen molar-refractivity contribution < 1.29 is 9.53 Å². The molecule has 0 saturated heterocycles. The number of nitrogens with one attached hydrogen (secondary N) is 1. The van der Waals surface area contributed by atoms with Crippen molar-refractivity contribution in [2.75, 3.05) is 5.32 Å². The van der Waals surface area contributed by atoms with E-state index in [1.165, 1.54) is 6.08 Å². The van der Waals surface area contributed by atoms with E-state index in [1.54, 1.807) is 24.3 Å². The number of amides is 1. The second-order valence-corrected chi connectivity index (χ2v) is 8.52. The van der Waals surface area contributed by atoms with Crippen LogP contribution in [0.4, 0.5) is 5.69 Å². The van der Waals surface area contributed by atoms with E-state index in [9.17, 15) is 10.1 Å². The molecule has 1 N–H and O–H groups in total. The Morgan fingerprint density at radius 3 is 2.29 bits per heavy atom. The lowest BCUT2D eigenvalue weighted by Crippen LogP contribution is -2.14. The highest BCUT2D eigenvalue weighted by Crippen LogP contribution is 2.33. The number of benzene rings is 4. The number of nitrogens with zero attached hydrogens (tertiary/aromatic N) is 1. The van der Waals surface area contributed by atoms with E-state index in [4.69, 9.17) is 39.5 Å². The van der Waals surface area contributed by atoms with Crippen LogP contribution >= 0.6 is 34.8 Å². The number of hydrogen-bond acceptors (Lipinski definition) is 3. The van der Waals surface area contributed by atoms with Gasteiger partial charge in [-0.25, -0.2) is 0 Å². The first-order chi connectivity index (χ1) is 16.5. The van der Waals surface area contributed by atoms with E-state index >= 15 is 0 Å². The lowest BCUT2D eigenvalue weighted by atomic mass is 10.0. The van der Waals surface area contributed by atoms with Crippen LogP contribution in [0.2, 0.25) is 15.1 Å². The third-order valence-corrected chi connectivity index (χ3v) is 6.13. The summed E-state index contributed by atoms with van der Waals surface area (Å²) < 4.78 is 6.08. The van der Waals surface area contributed by atoms with Gasteiger partial charge in [-0.15, -0.1) is 0 Å². The topological polar surface area (TPSA) is 62.1 Å². The SMILES string of the molecule is N#C/C(=C\c1c(OCc2ccccc2Cl)ccc2ccccc12)C(=O)Nc1c(Cl)cccc1Cl. The van der Waals surface area contributed by atoms with Crippen LogP contribution in [0, 0.1) is 11.3 Å². The Morgan fingerprint density at radius 1 is 0.882 bits per heavy atom. The van der Waals surface area contributed by atoms with Gasteiger partial charge in [0, 0.05) is 16.1 Å². The molecular weight excluding hydrogens is 491 g/mol. The number of para-hydroxylation sites is 1. The Hall–Kier alpha value is -3.49. The molecule has 0 aliphatic carbocycles. The molecule has 0 aliphatic rings. The highest BCUT2D eigenvalue weighted by molar-refractivity contribution is 6.40. The molecule has 0 atom stereocenters. The number of hydrogen-bond donors (Lipinski definition) is 1. The fourth-order valence-electron chi connectivity index (χ4n) is 3.41. The van der Waals surface area contributed by atoms with Crippen LogP contribution in [-0.4, -0.2) is 5.91 Å². The van der Waals surface area contributed by atoms with Gasteiger partial charge in [0.05, 0.1) is 15.7 Å². The Bertz CT molecular complexity index is 1440. The minimum absolute atomic E-state index is 0.130. The molecule has 0 spiro atoms. The van der Waals surface area contributed by atoms with Crippen molar-refractivity contribution in [3.63, 3.8) is 0 Å². The third-order valence-electron chi connectivity index (χ3n) is 5.13. The smallest absolute Gasteiger partial charge is 0.266 e. The fourth-order valence-corrected chi connectivity index (χ4v) is 4.09. The Labute approximate surface area is 211 Å². The molecule has 168 valence electrons. The number of fused-ring (bicyclic) bond motifs is 1. The molecule has 0 unspecified atom stereocenters. The van der Waals surface area contributed by atoms with Crippen LogP contribution in [0.15, 0.2) is 84.4 Å². The molecule has 0 aliphatic heterocycles. The van der Waals surface area contributed by atoms with Crippen molar-refractivity contribution >= 4 is 63.2 Å². The largest absolute Gasteiger partial charge is 0.488 e. The maximum atomic E-state index is 12.9. The van der Waals surface area contributed by atoms with Gasteiger partial charge in [-0.2, -0.15) is 5.26 Å². The van der Waals surface area contributed by atoms with Gasteiger partial charge >= 0.3 is 0 Å². The molecule has 1 amide bonds. The molecule has 0 heterocycles. The van der Waals surface area contributed by atoms with Gasteiger partial charge < -0.3 is 10.1 Å². The fraction of sp³-hybridized carbons (Fsp3) is 0.0370. The van der Waals surface area contributed by atoms with Crippen LogP contribution in [0.1, 0.15) is 11.1 Å². The molecule has 4 aromatic rings. The number of rotatable bonds is 6. The van der Waals surface area contributed by atoms with Crippen LogP contribution in [0.5, 0.6) is 5.75 Å².